The van der Waals surface area contributed by atoms with E-state index in [0.717, 1.165) is 11.1 Å². The van der Waals surface area contributed by atoms with Crippen molar-refractivity contribution in [3.63, 3.8) is 0 Å². The van der Waals surface area contributed by atoms with Gasteiger partial charge < -0.3 is 19.9 Å². The molecule has 3 rings (SSSR count). The first-order valence-electron chi connectivity index (χ1n) is 9.83. The average Bonchev–Trinajstić information content (AvgIpc) is 3.20. The van der Waals surface area contributed by atoms with E-state index in [2.05, 4.69) is 15.8 Å². The van der Waals surface area contributed by atoms with Crippen LogP contribution in [0, 0.1) is 6.92 Å². The van der Waals surface area contributed by atoms with Gasteiger partial charge in [0.1, 0.15) is 12.3 Å². The molecule has 0 aliphatic rings. The molecule has 0 bridgehead atoms. The fourth-order valence-corrected chi connectivity index (χ4v) is 2.85. The molecule has 8 heteroatoms. The summed E-state index contributed by atoms with van der Waals surface area (Å²) >= 11 is 0. The number of hydrogen-bond donors (Lipinski definition) is 2. The molecule has 2 N–H and O–H groups in total. The fourth-order valence-electron chi connectivity index (χ4n) is 2.85. The molecular weight excluding hydrogens is 398 g/mol. The molecule has 0 aliphatic heterocycles. The zero-order chi connectivity index (χ0) is 22.2. The van der Waals surface area contributed by atoms with Crippen molar-refractivity contribution in [3.05, 3.63) is 72.0 Å². The summed E-state index contributed by atoms with van der Waals surface area (Å²) in [4.78, 5) is 36.6. The molecule has 31 heavy (non-hydrogen) atoms. The summed E-state index contributed by atoms with van der Waals surface area (Å²) in [6.07, 6.45) is -0.741. The van der Waals surface area contributed by atoms with Crippen molar-refractivity contribution in [2.45, 2.75) is 26.4 Å². The van der Waals surface area contributed by atoms with Gasteiger partial charge in [0.2, 0.25) is 0 Å². The van der Waals surface area contributed by atoms with Crippen LogP contribution in [0.4, 0.5) is 5.82 Å². The predicted octanol–water partition coefficient (Wildman–Crippen LogP) is 3.34. The molecule has 0 fully saturated rings. The Morgan fingerprint density at radius 3 is 2.32 bits per heavy atom. The number of nitrogens with one attached hydrogen (secondary N) is 2. The van der Waals surface area contributed by atoms with Gasteiger partial charge in [-0.2, -0.15) is 0 Å². The first-order chi connectivity index (χ1) is 15.0. The smallest absolute Gasteiger partial charge is 0.326 e. The molecule has 0 saturated heterocycles. The lowest BCUT2D eigenvalue weighted by atomic mass is 10.0. The van der Waals surface area contributed by atoms with Gasteiger partial charge in [-0.15, -0.1) is 0 Å². The van der Waals surface area contributed by atoms with E-state index in [9.17, 15) is 14.4 Å². The number of carbonyl (C=O) groups excluding carboxylic acids is 3. The van der Waals surface area contributed by atoms with Gasteiger partial charge in [0.05, 0.1) is 0 Å². The first kappa shape index (κ1) is 21.8. The van der Waals surface area contributed by atoms with E-state index in [1.54, 1.807) is 32.0 Å². The van der Waals surface area contributed by atoms with E-state index in [1.807, 2.05) is 42.5 Å². The molecule has 1 atom stereocenters. The lowest BCUT2D eigenvalue weighted by Crippen LogP contribution is -2.37. The highest BCUT2D eigenvalue weighted by Crippen LogP contribution is 2.19. The van der Waals surface area contributed by atoms with Crippen molar-refractivity contribution in [1.82, 2.24) is 10.5 Å². The first-order valence-corrected chi connectivity index (χ1v) is 9.83. The second kappa shape index (κ2) is 10.2. The third-order valence-electron chi connectivity index (χ3n) is 4.46. The van der Waals surface area contributed by atoms with Crippen LogP contribution in [0.1, 0.15) is 29.5 Å². The number of carbonyl (C=O) groups is 3. The highest BCUT2D eigenvalue weighted by atomic mass is 16.5. The molecule has 2 aromatic carbocycles. The van der Waals surface area contributed by atoms with Crippen molar-refractivity contribution < 1.29 is 23.6 Å². The maximum Gasteiger partial charge on any atom is 0.326 e. The Kier molecular flexibility index (Phi) is 7.16. The van der Waals surface area contributed by atoms with Crippen LogP contribution in [0.15, 0.2) is 65.2 Å². The van der Waals surface area contributed by atoms with Gasteiger partial charge in [-0.1, -0.05) is 54.5 Å². The van der Waals surface area contributed by atoms with Crippen LogP contribution in [0.5, 0.6) is 0 Å². The molecule has 0 radical (unpaired) electrons. The number of anilines is 1. The number of hydrogen-bond acceptors (Lipinski definition) is 6. The quantitative estimate of drug-likeness (QED) is 0.540. The minimum absolute atomic E-state index is 0.240. The zero-order valence-corrected chi connectivity index (χ0v) is 17.3. The Morgan fingerprint density at radius 1 is 1.03 bits per heavy atom. The lowest BCUT2D eigenvalue weighted by molar-refractivity contribution is -0.153. The number of benzene rings is 2. The van der Waals surface area contributed by atoms with Crippen LogP contribution in [-0.2, 0) is 14.3 Å². The average molecular weight is 421 g/mol. The number of aromatic nitrogens is 1. The summed E-state index contributed by atoms with van der Waals surface area (Å²) in [5.74, 6) is -0.865. The SMILES string of the molecule is CCC(OC(=O)CNC(=O)c1ccc(-c2ccccc2)cc1)C(=O)Nc1cc(C)on1. The van der Waals surface area contributed by atoms with E-state index < -0.39 is 23.9 Å². The summed E-state index contributed by atoms with van der Waals surface area (Å²) < 4.78 is 10.1. The third-order valence-corrected chi connectivity index (χ3v) is 4.46. The monoisotopic (exact) mass is 421 g/mol. The Labute approximate surface area is 179 Å². The van der Waals surface area contributed by atoms with Crippen LogP contribution >= 0.6 is 0 Å². The van der Waals surface area contributed by atoms with Gasteiger partial charge in [-0.05, 0) is 36.6 Å². The number of esters is 1. The molecular formula is C23H23N3O5. The predicted molar refractivity (Wildman–Crippen MR) is 114 cm³/mol. The van der Waals surface area contributed by atoms with Gasteiger partial charge in [0.15, 0.2) is 11.9 Å². The Hall–Kier alpha value is -3.94. The van der Waals surface area contributed by atoms with Crippen molar-refractivity contribution >= 4 is 23.6 Å². The number of amides is 2. The maximum absolute atomic E-state index is 12.3. The van der Waals surface area contributed by atoms with E-state index in [0.29, 0.717) is 11.3 Å². The van der Waals surface area contributed by atoms with Crippen LogP contribution in [0.2, 0.25) is 0 Å². The van der Waals surface area contributed by atoms with Crippen molar-refractivity contribution in [3.8, 4) is 11.1 Å². The number of nitrogens with zero attached hydrogens (tertiary/aromatic N) is 1. The molecule has 0 saturated carbocycles. The van der Waals surface area contributed by atoms with Gasteiger partial charge in [0, 0.05) is 11.6 Å². The van der Waals surface area contributed by atoms with Crippen LogP contribution in [0.25, 0.3) is 11.1 Å². The van der Waals surface area contributed by atoms with E-state index in [1.165, 1.54) is 0 Å². The normalized spacial score (nSPS) is 11.4. The molecule has 0 aliphatic carbocycles. The lowest BCUT2D eigenvalue weighted by Gasteiger charge is -2.15. The Balaban J connectivity index is 1.49. The van der Waals surface area contributed by atoms with Gasteiger partial charge in [0.25, 0.3) is 11.8 Å². The van der Waals surface area contributed by atoms with E-state index in [4.69, 9.17) is 9.26 Å². The Bertz CT molecular complexity index is 1040. The van der Waals surface area contributed by atoms with Crippen molar-refractivity contribution in [2.24, 2.45) is 0 Å². The fraction of sp³-hybridized carbons (Fsp3) is 0.217. The number of aryl methyl sites for hydroxylation is 1. The van der Waals surface area contributed by atoms with Crippen LogP contribution in [-0.4, -0.2) is 35.6 Å². The van der Waals surface area contributed by atoms with E-state index >= 15 is 0 Å². The molecule has 1 heterocycles. The highest BCUT2D eigenvalue weighted by Gasteiger charge is 2.22. The third kappa shape index (κ3) is 6.02. The summed E-state index contributed by atoms with van der Waals surface area (Å²) in [5, 5.41) is 8.69. The van der Waals surface area contributed by atoms with Gasteiger partial charge in [-0.25, -0.2) is 0 Å². The summed E-state index contributed by atoms with van der Waals surface area (Å²) in [6.45, 7) is 3.04. The minimum atomic E-state index is -1.01. The molecule has 0 spiro atoms. The second-order valence-electron chi connectivity index (χ2n) is 6.82. The molecule has 2 amide bonds. The van der Waals surface area contributed by atoms with E-state index in [-0.39, 0.29) is 18.8 Å². The minimum Gasteiger partial charge on any atom is -0.451 e. The highest BCUT2D eigenvalue weighted by molar-refractivity contribution is 5.97. The Morgan fingerprint density at radius 2 is 1.71 bits per heavy atom. The van der Waals surface area contributed by atoms with Crippen molar-refractivity contribution in [2.75, 3.05) is 11.9 Å². The maximum atomic E-state index is 12.3. The summed E-state index contributed by atoms with van der Waals surface area (Å²) in [5.41, 5.74) is 2.44. The molecule has 1 unspecified atom stereocenters. The second-order valence-corrected chi connectivity index (χ2v) is 6.82. The summed E-state index contributed by atoms with van der Waals surface area (Å²) in [7, 11) is 0. The number of ether oxygens (including phenoxy) is 1. The van der Waals surface area contributed by atoms with Crippen LogP contribution in [0.3, 0.4) is 0 Å². The van der Waals surface area contributed by atoms with Crippen LogP contribution < -0.4 is 10.6 Å². The standard InChI is InChI=1S/C23H23N3O5/c1-3-19(23(29)25-20-13-15(2)31-26-20)30-21(27)14-24-22(28)18-11-9-17(10-12-18)16-7-5-4-6-8-16/h4-13,19H,3,14H2,1-2H3,(H,24,28)(H,25,26,29). The largest absolute Gasteiger partial charge is 0.451 e. The molecule has 1 aromatic heterocycles. The zero-order valence-electron chi connectivity index (χ0n) is 17.3. The topological polar surface area (TPSA) is 111 Å². The number of rotatable bonds is 8. The van der Waals surface area contributed by atoms with Gasteiger partial charge >= 0.3 is 5.97 Å². The summed E-state index contributed by atoms with van der Waals surface area (Å²) in [6, 6.07) is 18.4. The van der Waals surface area contributed by atoms with Gasteiger partial charge in [-0.3, -0.25) is 14.4 Å². The molecule has 8 nitrogen and oxygen atoms in total. The molecule has 160 valence electrons. The van der Waals surface area contributed by atoms with Crippen molar-refractivity contribution in [1.29, 1.82) is 0 Å². The molecule has 3 aromatic rings.